The molecule has 0 N–H and O–H groups in total. The van der Waals surface area contributed by atoms with E-state index in [1.165, 1.54) is 0 Å². The van der Waals surface area contributed by atoms with Gasteiger partial charge < -0.3 is 0 Å². The van der Waals surface area contributed by atoms with Crippen LogP contribution in [0, 0.1) is 0 Å². The third kappa shape index (κ3) is 4.27. The van der Waals surface area contributed by atoms with Crippen molar-refractivity contribution in [2.45, 2.75) is 12.2 Å². The summed E-state index contributed by atoms with van der Waals surface area (Å²) in [7, 11) is 0. The quantitative estimate of drug-likeness (QED) is 0.731. The molecule has 0 aliphatic carbocycles. The highest BCUT2D eigenvalue weighted by atomic mass is 35.5. The molecule has 2 aromatic carbocycles. The average molecular weight is 325 g/mol. The molecule has 0 radical (unpaired) electrons. The largest absolute Gasteiger partial charge is 0.299 e. The minimum Gasteiger partial charge on any atom is -0.299 e. The van der Waals surface area contributed by atoms with E-state index in [-0.39, 0.29) is 11.0 Å². The molecule has 2 aromatic rings. The van der Waals surface area contributed by atoms with Crippen LogP contribution < -0.4 is 0 Å². The summed E-state index contributed by atoms with van der Waals surface area (Å²) >= 11 is 13.5. The summed E-state index contributed by atoms with van der Waals surface area (Å²) in [5.74, 6) is 0.651. The Morgan fingerprint density at radius 2 is 1.35 bits per heavy atom. The highest BCUT2D eigenvalue weighted by Crippen LogP contribution is 2.36. The molecule has 20 heavy (non-hydrogen) atoms. The number of hydrogen-bond donors (Lipinski definition) is 0. The molecular weight excluding hydrogens is 311 g/mol. The minimum atomic E-state index is 0.105. The lowest BCUT2D eigenvalue weighted by Crippen LogP contribution is -2.02. The predicted molar refractivity (Wildman–Crippen MR) is 87.9 cm³/mol. The monoisotopic (exact) mass is 324 g/mol. The molecule has 0 fully saturated rings. The second-order valence-corrected chi connectivity index (χ2v) is 6.46. The third-order valence-corrected chi connectivity index (χ3v) is 4.75. The molecule has 0 aliphatic rings. The van der Waals surface area contributed by atoms with E-state index < -0.39 is 0 Å². The molecular formula is C16H14Cl2OS. The number of halogens is 2. The maximum atomic E-state index is 11.3. The van der Waals surface area contributed by atoms with E-state index in [1.807, 2.05) is 48.5 Å². The van der Waals surface area contributed by atoms with Gasteiger partial charge in [-0.25, -0.2) is 0 Å². The molecule has 2 rings (SSSR count). The zero-order chi connectivity index (χ0) is 14.5. The van der Waals surface area contributed by atoms with Crippen molar-refractivity contribution in [3.8, 4) is 0 Å². The van der Waals surface area contributed by atoms with Gasteiger partial charge in [0.05, 0.1) is 11.0 Å². The van der Waals surface area contributed by atoms with Gasteiger partial charge in [-0.15, -0.1) is 11.8 Å². The lowest BCUT2D eigenvalue weighted by atomic mass is 10.0. The van der Waals surface area contributed by atoms with E-state index in [9.17, 15) is 4.79 Å². The van der Waals surface area contributed by atoms with Crippen LogP contribution in [0.5, 0.6) is 0 Å². The van der Waals surface area contributed by atoms with E-state index in [0.717, 1.165) is 11.1 Å². The molecule has 0 aliphatic heterocycles. The molecule has 0 bridgehead atoms. The van der Waals surface area contributed by atoms with Crippen LogP contribution >= 0.6 is 35.0 Å². The fourth-order valence-corrected chi connectivity index (χ4v) is 3.21. The van der Waals surface area contributed by atoms with Crippen molar-refractivity contribution in [1.82, 2.24) is 0 Å². The zero-order valence-electron chi connectivity index (χ0n) is 11.0. The molecule has 0 amide bonds. The van der Waals surface area contributed by atoms with E-state index in [1.54, 1.807) is 18.7 Å². The summed E-state index contributed by atoms with van der Waals surface area (Å²) in [5.41, 5.74) is 2.26. The predicted octanol–water partition coefficient (Wildman–Crippen LogP) is 5.41. The Labute approximate surface area is 133 Å². The van der Waals surface area contributed by atoms with Crippen molar-refractivity contribution in [2.24, 2.45) is 0 Å². The number of benzene rings is 2. The number of hydrogen-bond acceptors (Lipinski definition) is 2. The Kier molecular flexibility index (Phi) is 5.53. The second kappa shape index (κ2) is 7.16. The molecule has 104 valence electrons. The van der Waals surface area contributed by atoms with Crippen LogP contribution in [0.4, 0.5) is 0 Å². The van der Waals surface area contributed by atoms with E-state index in [0.29, 0.717) is 15.8 Å². The highest BCUT2D eigenvalue weighted by Gasteiger charge is 2.15. The van der Waals surface area contributed by atoms with Crippen LogP contribution in [0.15, 0.2) is 48.5 Å². The van der Waals surface area contributed by atoms with Crippen LogP contribution in [0.25, 0.3) is 0 Å². The molecule has 4 heteroatoms. The first kappa shape index (κ1) is 15.4. The summed E-state index contributed by atoms with van der Waals surface area (Å²) in [6, 6.07) is 15.5. The summed E-state index contributed by atoms with van der Waals surface area (Å²) in [5, 5.41) is 1.52. The molecule has 0 saturated carbocycles. The number of ketones is 1. The number of carbonyl (C=O) groups excluding carboxylic acids is 1. The Morgan fingerprint density at radius 1 is 0.950 bits per heavy atom. The highest BCUT2D eigenvalue weighted by molar-refractivity contribution is 8.00. The smallest absolute Gasteiger partial charge is 0.139 e. The lowest BCUT2D eigenvalue weighted by molar-refractivity contribution is -0.114. The summed E-state index contributed by atoms with van der Waals surface area (Å²) < 4.78 is 0. The van der Waals surface area contributed by atoms with Crippen molar-refractivity contribution < 1.29 is 4.79 Å². The van der Waals surface area contributed by atoms with E-state index in [2.05, 4.69) is 0 Å². The SMILES string of the molecule is CC(=O)CSC(c1ccc(Cl)cc1)c1ccc(Cl)cc1. The van der Waals surface area contributed by atoms with Crippen molar-refractivity contribution >= 4 is 40.7 Å². The van der Waals surface area contributed by atoms with Gasteiger partial charge in [-0.1, -0.05) is 47.5 Å². The standard InChI is InChI=1S/C16H14Cl2OS/c1-11(19)10-20-16(12-2-6-14(17)7-3-12)13-4-8-15(18)9-5-13/h2-9,16H,10H2,1H3. The van der Waals surface area contributed by atoms with E-state index >= 15 is 0 Å². The third-order valence-electron chi connectivity index (χ3n) is 2.80. The molecule has 0 atom stereocenters. The van der Waals surface area contributed by atoms with Gasteiger partial charge in [-0.2, -0.15) is 0 Å². The van der Waals surface area contributed by atoms with Gasteiger partial charge in [0.25, 0.3) is 0 Å². The summed E-state index contributed by atoms with van der Waals surface area (Å²) in [6.07, 6.45) is 0. The molecule has 0 spiro atoms. The number of thioether (sulfide) groups is 1. The van der Waals surface area contributed by atoms with Crippen LogP contribution in [0.2, 0.25) is 10.0 Å². The fraction of sp³-hybridized carbons (Fsp3) is 0.188. The maximum Gasteiger partial charge on any atom is 0.139 e. The molecule has 0 saturated heterocycles. The van der Waals surface area contributed by atoms with Gasteiger partial charge in [0, 0.05) is 10.0 Å². The van der Waals surface area contributed by atoms with Crippen LogP contribution in [0.3, 0.4) is 0 Å². The Balaban J connectivity index is 2.30. The van der Waals surface area contributed by atoms with Crippen molar-refractivity contribution in [3.05, 3.63) is 69.7 Å². The van der Waals surface area contributed by atoms with Gasteiger partial charge in [0.15, 0.2) is 0 Å². The second-order valence-electron chi connectivity index (χ2n) is 4.50. The zero-order valence-corrected chi connectivity index (χ0v) is 13.3. The summed E-state index contributed by atoms with van der Waals surface area (Å²) in [4.78, 5) is 11.3. The first-order chi connectivity index (χ1) is 9.56. The Hall–Kier alpha value is -0.960. The number of carbonyl (C=O) groups is 1. The van der Waals surface area contributed by atoms with Gasteiger partial charge in [0.1, 0.15) is 5.78 Å². The van der Waals surface area contributed by atoms with Gasteiger partial charge in [-0.05, 0) is 42.3 Å². The van der Waals surface area contributed by atoms with Gasteiger partial charge in [-0.3, -0.25) is 4.79 Å². The van der Waals surface area contributed by atoms with Gasteiger partial charge >= 0.3 is 0 Å². The van der Waals surface area contributed by atoms with E-state index in [4.69, 9.17) is 23.2 Å². The van der Waals surface area contributed by atoms with Gasteiger partial charge in [0.2, 0.25) is 0 Å². The molecule has 0 heterocycles. The Morgan fingerprint density at radius 3 is 1.70 bits per heavy atom. The fourth-order valence-electron chi connectivity index (χ4n) is 1.86. The molecule has 0 aromatic heterocycles. The summed E-state index contributed by atoms with van der Waals surface area (Å²) in [6.45, 7) is 1.60. The maximum absolute atomic E-state index is 11.3. The van der Waals surface area contributed by atoms with Crippen LogP contribution in [-0.2, 0) is 4.79 Å². The van der Waals surface area contributed by atoms with Crippen molar-refractivity contribution in [2.75, 3.05) is 5.75 Å². The normalized spacial score (nSPS) is 10.8. The molecule has 1 nitrogen and oxygen atoms in total. The van der Waals surface area contributed by atoms with Crippen molar-refractivity contribution in [1.29, 1.82) is 0 Å². The topological polar surface area (TPSA) is 17.1 Å². The number of Topliss-reactive ketones (excluding diaryl/α,β-unsaturated/α-hetero) is 1. The van der Waals surface area contributed by atoms with Crippen LogP contribution in [-0.4, -0.2) is 11.5 Å². The first-order valence-corrected chi connectivity index (χ1v) is 7.98. The van der Waals surface area contributed by atoms with Crippen LogP contribution in [0.1, 0.15) is 23.3 Å². The number of rotatable bonds is 5. The first-order valence-electron chi connectivity index (χ1n) is 6.18. The minimum absolute atomic E-state index is 0.105. The average Bonchev–Trinajstić information content (AvgIpc) is 2.42. The van der Waals surface area contributed by atoms with Crippen molar-refractivity contribution in [3.63, 3.8) is 0 Å². The Bertz CT molecular complexity index is 533. The molecule has 0 unspecified atom stereocenters. The lowest BCUT2D eigenvalue weighted by Gasteiger charge is -2.17.